The number of furan rings is 1. The molecule has 3 rings (SSSR count). The van der Waals surface area contributed by atoms with Gasteiger partial charge in [0.05, 0.1) is 25.8 Å². The number of hydrogen-bond donors (Lipinski definition) is 1. The first-order valence-corrected chi connectivity index (χ1v) is 9.01. The van der Waals surface area contributed by atoms with Crippen molar-refractivity contribution in [2.24, 2.45) is 0 Å². The molecule has 1 amide bonds. The molecule has 0 fully saturated rings. The average Bonchev–Trinajstić information content (AvgIpc) is 3.03. The van der Waals surface area contributed by atoms with Gasteiger partial charge in [0.25, 0.3) is 0 Å². The van der Waals surface area contributed by atoms with Gasteiger partial charge in [-0.05, 0) is 50.3 Å². The van der Waals surface area contributed by atoms with Crippen molar-refractivity contribution in [1.29, 1.82) is 0 Å². The van der Waals surface area contributed by atoms with Crippen LogP contribution in [0.5, 0.6) is 5.75 Å². The van der Waals surface area contributed by atoms with E-state index >= 15 is 0 Å². The van der Waals surface area contributed by atoms with Crippen LogP contribution in [0.15, 0.2) is 53.1 Å². The molecule has 0 spiro atoms. The number of hydrogen-bond acceptors (Lipinski definition) is 4. The van der Waals surface area contributed by atoms with E-state index in [1.54, 1.807) is 13.4 Å². The van der Waals surface area contributed by atoms with E-state index in [2.05, 4.69) is 10.2 Å². The lowest BCUT2D eigenvalue weighted by molar-refractivity contribution is -0.120. The number of carbonyl (C=O) groups is 1. The minimum Gasteiger partial charge on any atom is -0.497 e. The highest BCUT2D eigenvalue weighted by atomic mass is 16.5. The molecule has 2 aromatic carbocycles. The van der Waals surface area contributed by atoms with Crippen molar-refractivity contribution in [3.8, 4) is 5.75 Å². The third-order valence-electron chi connectivity index (χ3n) is 4.78. The Morgan fingerprint density at radius 3 is 2.59 bits per heavy atom. The van der Waals surface area contributed by atoms with Crippen molar-refractivity contribution in [1.82, 2.24) is 10.2 Å². The molecule has 5 heteroatoms. The van der Waals surface area contributed by atoms with E-state index < -0.39 is 0 Å². The lowest BCUT2D eigenvalue weighted by Crippen LogP contribution is -2.35. The predicted molar refractivity (Wildman–Crippen MR) is 107 cm³/mol. The lowest BCUT2D eigenvalue weighted by atomic mass is 10.1. The van der Waals surface area contributed by atoms with Crippen LogP contribution in [0.1, 0.15) is 22.7 Å². The number of benzene rings is 2. The van der Waals surface area contributed by atoms with Crippen LogP contribution in [0.2, 0.25) is 0 Å². The molecule has 27 heavy (non-hydrogen) atoms. The standard InChI is InChI=1S/C22H26N2O3/c1-15-5-10-19-17(14-27-21(19)11-15)12-22(25)23-13-20(24(2)3)16-6-8-18(26-4)9-7-16/h5-11,14,20H,12-13H2,1-4H3,(H,23,25)/t20-/m1/s1. The topological polar surface area (TPSA) is 54.7 Å². The highest BCUT2D eigenvalue weighted by Crippen LogP contribution is 2.23. The fourth-order valence-electron chi connectivity index (χ4n) is 3.20. The van der Waals surface area contributed by atoms with Crippen LogP contribution in [-0.4, -0.2) is 38.6 Å². The van der Waals surface area contributed by atoms with Gasteiger partial charge in [-0.15, -0.1) is 0 Å². The zero-order chi connectivity index (χ0) is 19.4. The summed E-state index contributed by atoms with van der Waals surface area (Å²) in [5.41, 5.74) is 4.00. The van der Waals surface area contributed by atoms with Crippen molar-refractivity contribution in [3.63, 3.8) is 0 Å². The fourth-order valence-corrected chi connectivity index (χ4v) is 3.20. The molecule has 0 aliphatic carbocycles. The number of rotatable bonds is 7. The van der Waals surface area contributed by atoms with E-state index in [0.29, 0.717) is 13.0 Å². The summed E-state index contributed by atoms with van der Waals surface area (Å²) in [7, 11) is 5.67. The zero-order valence-electron chi connectivity index (χ0n) is 16.3. The molecule has 0 saturated heterocycles. The number of fused-ring (bicyclic) bond motifs is 1. The van der Waals surface area contributed by atoms with E-state index in [0.717, 1.165) is 33.4 Å². The second kappa shape index (κ2) is 8.27. The summed E-state index contributed by atoms with van der Waals surface area (Å²) in [6.45, 7) is 2.56. The van der Waals surface area contributed by atoms with Crippen LogP contribution in [0.3, 0.4) is 0 Å². The van der Waals surface area contributed by atoms with Crippen molar-refractivity contribution in [2.75, 3.05) is 27.7 Å². The number of ether oxygens (including phenoxy) is 1. The van der Waals surface area contributed by atoms with Crippen LogP contribution in [-0.2, 0) is 11.2 Å². The Morgan fingerprint density at radius 2 is 1.93 bits per heavy atom. The van der Waals surface area contributed by atoms with E-state index in [1.165, 1.54) is 0 Å². The minimum absolute atomic E-state index is 0.0152. The molecule has 1 N–H and O–H groups in total. The number of aryl methyl sites for hydroxylation is 1. The maximum absolute atomic E-state index is 12.5. The first-order valence-electron chi connectivity index (χ1n) is 9.01. The molecule has 1 aromatic heterocycles. The minimum atomic E-state index is -0.0152. The molecule has 0 radical (unpaired) electrons. The Labute approximate surface area is 159 Å². The SMILES string of the molecule is COc1ccc([C@@H](CNC(=O)Cc2coc3cc(C)ccc23)N(C)C)cc1. The smallest absolute Gasteiger partial charge is 0.224 e. The van der Waals surface area contributed by atoms with E-state index in [4.69, 9.17) is 9.15 Å². The van der Waals surface area contributed by atoms with Gasteiger partial charge in [-0.25, -0.2) is 0 Å². The van der Waals surface area contributed by atoms with Crippen LogP contribution in [0.25, 0.3) is 11.0 Å². The predicted octanol–water partition coefficient (Wildman–Crippen LogP) is 3.71. The summed E-state index contributed by atoms with van der Waals surface area (Å²) in [5.74, 6) is 0.806. The Kier molecular flexibility index (Phi) is 5.81. The second-order valence-electron chi connectivity index (χ2n) is 6.99. The number of nitrogens with one attached hydrogen (secondary N) is 1. The molecule has 0 aliphatic rings. The zero-order valence-corrected chi connectivity index (χ0v) is 16.3. The Morgan fingerprint density at radius 1 is 1.19 bits per heavy atom. The Bertz CT molecular complexity index is 913. The fraction of sp³-hybridized carbons (Fsp3) is 0.318. The molecule has 1 heterocycles. The van der Waals surface area contributed by atoms with Crippen LogP contribution < -0.4 is 10.1 Å². The van der Waals surface area contributed by atoms with E-state index in [9.17, 15) is 4.79 Å². The highest BCUT2D eigenvalue weighted by molar-refractivity contribution is 5.87. The first kappa shape index (κ1) is 19.0. The van der Waals surface area contributed by atoms with Crippen LogP contribution in [0.4, 0.5) is 0 Å². The largest absolute Gasteiger partial charge is 0.497 e. The average molecular weight is 366 g/mol. The molecular formula is C22H26N2O3. The van der Waals surface area contributed by atoms with Gasteiger partial charge in [0, 0.05) is 17.5 Å². The van der Waals surface area contributed by atoms with Crippen molar-refractivity contribution in [3.05, 3.63) is 65.4 Å². The highest BCUT2D eigenvalue weighted by Gasteiger charge is 2.16. The first-order chi connectivity index (χ1) is 13.0. The normalized spacial score (nSPS) is 12.3. The number of amides is 1. The van der Waals surface area contributed by atoms with Crippen LogP contribution >= 0.6 is 0 Å². The molecule has 0 saturated carbocycles. The third kappa shape index (κ3) is 4.49. The van der Waals surface area contributed by atoms with Crippen molar-refractivity contribution >= 4 is 16.9 Å². The van der Waals surface area contributed by atoms with Gasteiger partial charge in [-0.2, -0.15) is 0 Å². The molecule has 0 bridgehead atoms. The summed E-state index contributed by atoms with van der Waals surface area (Å²) >= 11 is 0. The second-order valence-corrected chi connectivity index (χ2v) is 6.99. The van der Waals surface area contributed by atoms with Gasteiger partial charge in [0.15, 0.2) is 0 Å². The van der Waals surface area contributed by atoms with Crippen molar-refractivity contribution in [2.45, 2.75) is 19.4 Å². The maximum atomic E-state index is 12.5. The molecule has 3 aromatic rings. The molecular weight excluding hydrogens is 340 g/mol. The quantitative estimate of drug-likeness (QED) is 0.693. The summed E-state index contributed by atoms with van der Waals surface area (Å²) in [4.78, 5) is 14.6. The Balaban J connectivity index is 1.65. The van der Waals surface area contributed by atoms with Gasteiger partial charge in [-0.3, -0.25) is 4.79 Å². The summed E-state index contributed by atoms with van der Waals surface area (Å²) in [6, 6.07) is 14.1. The number of nitrogens with zero attached hydrogens (tertiary/aromatic N) is 1. The van der Waals surface area contributed by atoms with Crippen LogP contribution in [0, 0.1) is 6.92 Å². The van der Waals surface area contributed by atoms with Gasteiger partial charge < -0.3 is 19.4 Å². The van der Waals surface area contributed by atoms with Gasteiger partial charge in [-0.1, -0.05) is 24.3 Å². The monoisotopic (exact) mass is 366 g/mol. The molecule has 0 aliphatic heterocycles. The molecule has 0 unspecified atom stereocenters. The summed E-state index contributed by atoms with van der Waals surface area (Å²) < 4.78 is 10.8. The van der Waals surface area contributed by atoms with Gasteiger partial charge >= 0.3 is 0 Å². The molecule has 5 nitrogen and oxygen atoms in total. The van der Waals surface area contributed by atoms with E-state index in [-0.39, 0.29) is 11.9 Å². The maximum Gasteiger partial charge on any atom is 0.224 e. The summed E-state index contributed by atoms with van der Waals surface area (Å²) in [5, 5.41) is 4.05. The van der Waals surface area contributed by atoms with E-state index in [1.807, 2.05) is 63.5 Å². The number of methoxy groups -OCH3 is 1. The van der Waals surface area contributed by atoms with Gasteiger partial charge in [0.2, 0.25) is 5.91 Å². The third-order valence-corrected chi connectivity index (χ3v) is 4.78. The van der Waals surface area contributed by atoms with Gasteiger partial charge in [0.1, 0.15) is 11.3 Å². The molecule has 142 valence electrons. The number of likely N-dealkylation sites (N-methyl/N-ethyl adjacent to an activating group) is 1. The number of carbonyl (C=O) groups excluding carboxylic acids is 1. The molecule has 1 atom stereocenters. The summed E-state index contributed by atoms with van der Waals surface area (Å²) in [6.07, 6.45) is 1.98. The Hall–Kier alpha value is -2.79. The van der Waals surface area contributed by atoms with Crippen molar-refractivity contribution < 1.29 is 13.9 Å². The lowest BCUT2D eigenvalue weighted by Gasteiger charge is -2.25.